The van der Waals surface area contributed by atoms with Crippen molar-refractivity contribution in [2.24, 2.45) is 5.92 Å². The Balaban J connectivity index is 4.00. The van der Waals surface area contributed by atoms with Crippen LogP contribution in [0.3, 0.4) is 0 Å². The van der Waals surface area contributed by atoms with Crippen LogP contribution in [-0.4, -0.2) is 20.2 Å². The van der Waals surface area contributed by atoms with Gasteiger partial charge in [0.25, 0.3) is 0 Å². The third-order valence-corrected chi connectivity index (χ3v) is 3.31. The lowest BCUT2D eigenvalue weighted by atomic mass is 10.1. The van der Waals surface area contributed by atoms with Crippen LogP contribution in [0.2, 0.25) is 0 Å². The summed E-state index contributed by atoms with van der Waals surface area (Å²) in [5.41, 5.74) is 0. The molecular weight excluding hydrogens is 188 g/mol. The molecule has 0 saturated heterocycles. The molecule has 0 aliphatic heterocycles. The number of sulfonamides is 1. The van der Waals surface area contributed by atoms with Crippen molar-refractivity contribution in [1.29, 1.82) is 5.26 Å². The van der Waals surface area contributed by atoms with E-state index in [1.54, 1.807) is 6.07 Å². The van der Waals surface area contributed by atoms with E-state index in [-0.39, 0.29) is 0 Å². The Morgan fingerprint density at radius 3 is 2.31 bits per heavy atom. The van der Waals surface area contributed by atoms with E-state index in [2.05, 4.69) is 4.72 Å². The predicted octanol–water partition coefficient (Wildman–Crippen LogP) is 0.864. The van der Waals surface area contributed by atoms with E-state index in [1.165, 1.54) is 6.92 Å². The maximum absolute atomic E-state index is 11.2. The van der Waals surface area contributed by atoms with Crippen molar-refractivity contribution in [3.63, 3.8) is 0 Å². The number of nitrogens with zero attached hydrogens (tertiary/aromatic N) is 1. The number of rotatable bonds is 5. The third kappa shape index (κ3) is 4.86. The molecular formula is C8H16N2O2S. The monoisotopic (exact) mass is 204 g/mol. The fraction of sp³-hybridized carbons (Fsp3) is 0.875. The van der Waals surface area contributed by atoms with Crippen molar-refractivity contribution in [1.82, 2.24) is 4.72 Å². The summed E-state index contributed by atoms with van der Waals surface area (Å²) >= 11 is 0. The second kappa shape index (κ2) is 5.20. The van der Waals surface area contributed by atoms with Crippen molar-refractivity contribution in [3.05, 3.63) is 0 Å². The molecule has 0 amide bonds. The summed E-state index contributed by atoms with van der Waals surface area (Å²) in [5.74, 6) is 0.458. The lowest BCUT2D eigenvalue weighted by molar-refractivity contribution is 0.549. The van der Waals surface area contributed by atoms with E-state index in [0.717, 1.165) is 6.42 Å². The standard InChI is InChI=1S/C8H16N2O2S/c1-7(2)4-5-10-13(11,12)8(3)6-9/h7-8,10H,4-5H2,1-3H3. The van der Waals surface area contributed by atoms with Gasteiger partial charge in [-0.15, -0.1) is 0 Å². The van der Waals surface area contributed by atoms with E-state index in [9.17, 15) is 8.42 Å². The summed E-state index contributed by atoms with van der Waals surface area (Å²) in [5, 5.41) is 7.44. The molecule has 13 heavy (non-hydrogen) atoms. The smallest absolute Gasteiger partial charge is 0.214 e. The first-order valence-corrected chi connectivity index (χ1v) is 5.83. The maximum Gasteiger partial charge on any atom is 0.227 e. The molecule has 0 aliphatic rings. The Hall–Kier alpha value is -0.600. The van der Waals surface area contributed by atoms with E-state index in [0.29, 0.717) is 12.5 Å². The van der Waals surface area contributed by atoms with Crippen molar-refractivity contribution >= 4 is 10.0 Å². The summed E-state index contributed by atoms with van der Waals surface area (Å²) in [6, 6.07) is 1.69. The summed E-state index contributed by atoms with van der Waals surface area (Å²) in [7, 11) is -3.42. The average molecular weight is 204 g/mol. The zero-order chi connectivity index (χ0) is 10.5. The highest BCUT2D eigenvalue weighted by Gasteiger charge is 2.18. The van der Waals surface area contributed by atoms with Crippen LogP contribution in [0.25, 0.3) is 0 Å². The highest BCUT2D eigenvalue weighted by atomic mass is 32.2. The molecule has 1 atom stereocenters. The van der Waals surface area contributed by atoms with Gasteiger partial charge >= 0.3 is 0 Å². The second-order valence-corrected chi connectivity index (χ2v) is 5.48. The summed E-state index contributed by atoms with van der Waals surface area (Å²) in [6.45, 7) is 5.81. The summed E-state index contributed by atoms with van der Waals surface area (Å²) < 4.78 is 24.8. The largest absolute Gasteiger partial charge is 0.227 e. The minimum absolute atomic E-state index is 0.409. The second-order valence-electron chi connectivity index (χ2n) is 3.39. The predicted molar refractivity (Wildman–Crippen MR) is 51.5 cm³/mol. The van der Waals surface area contributed by atoms with Gasteiger partial charge in [-0.3, -0.25) is 0 Å². The van der Waals surface area contributed by atoms with Crippen LogP contribution in [-0.2, 0) is 10.0 Å². The van der Waals surface area contributed by atoms with Crippen molar-refractivity contribution < 1.29 is 8.42 Å². The zero-order valence-corrected chi connectivity index (χ0v) is 9.06. The Bertz CT molecular complexity index is 277. The molecule has 0 aliphatic carbocycles. The van der Waals surface area contributed by atoms with Gasteiger partial charge in [-0.1, -0.05) is 13.8 Å². The van der Waals surface area contributed by atoms with Gasteiger partial charge in [0.2, 0.25) is 10.0 Å². The molecule has 76 valence electrons. The molecule has 0 saturated carbocycles. The molecule has 0 spiro atoms. The van der Waals surface area contributed by atoms with Gasteiger partial charge < -0.3 is 0 Å². The zero-order valence-electron chi connectivity index (χ0n) is 8.24. The molecule has 0 radical (unpaired) electrons. The normalized spacial score (nSPS) is 14.1. The van der Waals surface area contributed by atoms with E-state index in [4.69, 9.17) is 5.26 Å². The van der Waals surface area contributed by atoms with Gasteiger partial charge in [0.15, 0.2) is 5.25 Å². The minimum Gasteiger partial charge on any atom is -0.214 e. The first-order valence-electron chi connectivity index (χ1n) is 4.28. The van der Waals surface area contributed by atoms with Gasteiger partial charge in [-0.25, -0.2) is 13.1 Å². The molecule has 0 aromatic rings. The molecule has 0 rings (SSSR count). The van der Waals surface area contributed by atoms with E-state index >= 15 is 0 Å². The summed E-state index contributed by atoms with van der Waals surface area (Å²) in [6.07, 6.45) is 0.789. The lowest BCUT2D eigenvalue weighted by Crippen LogP contribution is -2.32. The van der Waals surface area contributed by atoms with Crippen LogP contribution in [0.5, 0.6) is 0 Å². The first-order chi connectivity index (χ1) is 5.90. The van der Waals surface area contributed by atoms with E-state index < -0.39 is 15.3 Å². The molecule has 1 N–H and O–H groups in total. The van der Waals surface area contributed by atoms with Gasteiger partial charge in [-0.2, -0.15) is 5.26 Å². The van der Waals surface area contributed by atoms with Gasteiger partial charge in [0, 0.05) is 6.54 Å². The molecule has 5 heteroatoms. The molecule has 0 aromatic heterocycles. The topological polar surface area (TPSA) is 70.0 Å². The van der Waals surface area contributed by atoms with E-state index in [1.807, 2.05) is 13.8 Å². The molecule has 0 aromatic carbocycles. The van der Waals surface area contributed by atoms with Crippen LogP contribution in [0.4, 0.5) is 0 Å². The van der Waals surface area contributed by atoms with Gasteiger partial charge in [0.1, 0.15) is 0 Å². The highest BCUT2D eigenvalue weighted by Crippen LogP contribution is 2.00. The van der Waals surface area contributed by atoms with Crippen LogP contribution in [0, 0.1) is 17.2 Å². The number of hydrogen-bond acceptors (Lipinski definition) is 3. The number of hydrogen-bond donors (Lipinski definition) is 1. The highest BCUT2D eigenvalue weighted by molar-refractivity contribution is 7.90. The van der Waals surface area contributed by atoms with Crippen molar-refractivity contribution in [2.75, 3.05) is 6.54 Å². The Labute approximate surface area is 80.0 Å². The Kier molecular flexibility index (Phi) is 4.96. The number of nitrogens with one attached hydrogen (secondary N) is 1. The molecule has 0 heterocycles. The third-order valence-electron chi connectivity index (χ3n) is 1.67. The molecule has 1 unspecified atom stereocenters. The average Bonchev–Trinajstić information content (AvgIpc) is 2.01. The number of nitriles is 1. The van der Waals surface area contributed by atoms with Crippen LogP contribution in [0.15, 0.2) is 0 Å². The van der Waals surface area contributed by atoms with Crippen molar-refractivity contribution in [3.8, 4) is 6.07 Å². The summed E-state index contributed by atoms with van der Waals surface area (Å²) in [4.78, 5) is 0. The molecule has 4 nitrogen and oxygen atoms in total. The first kappa shape index (κ1) is 12.4. The molecule has 0 fully saturated rings. The lowest BCUT2D eigenvalue weighted by Gasteiger charge is -2.08. The van der Waals surface area contributed by atoms with Crippen LogP contribution >= 0.6 is 0 Å². The minimum atomic E-state index is -3.42. The SMILES string of the molecule is CC(C)CCNS(=O)(=O)C(C)C#N. The molecule has 0 bridgehead atoms. The maximum atomic E-state index is 11.2. The van der Waals surface area contributed by atoms with Crippen LogP contribution in [0.1, 0.15) is 27.2 Å². The van der Waals surface area contributed by atoms with Gasteiger partial charge in [-0.05, 0) is 19.3 Å². The Morgan fingerprint density at radius 2 is 1.92 bits per heavy atom. The fourth-order valence-electron chi connectivity index (χ4n) is 0.684. The quantitative estimate of drug-likeness (QED) is 0.722. The Morgan fingerprint density at radius 1 is 1.38 bits per heavy atom. The van der Waals surface area contributed by atoms with Crippen molar-refractivity contribution in [2.45, 2.75) is 32.4 Å². The van der Waals surface area contributed by atoms with Crippen LogP contribution < -0.4 is 4.72 Å². The fourth-order valence-corrected chi connectivity index (χ4v) is 1.48. The van der Waals surface area contributed by atoms with Gasteiger partial charge in [0.05, 0.1) is 6.07 Å².